The van der Waals surface area contributed by atoms with Crippen LogP contribution >= 0.6 is 15.9 Å². The van der Waals surface area contributed by atoms with Crippen LogP contribution in [0.15, 0.2) is 38.6 Å². The average Bonchev–Trinajstić information content (AvgIpc) is 2.61. The van der Waals surface area contributed by atoms with Gasteiger partial charge in [-0.2, -0.15) is 0 Å². The van der Waals surface area contributed by atoms with Crippen LogP contribution < -0.4 is 10.6 Å². The summed E-state index contributed by atoms with van der Waals surface area (Å²) >= 11 is 3.31. The predicted octanol–water partition coefficient (Wildman–Crippen LogP) is 2.98. The fraction of sp³-hybridized carbons (Fsp3) is 0.611. The molecule has 0 aliphatic rings. The predicted molar refractivity (Wildman–Crippen MR) is 111 cm³/mol. The smallest absolute Gasteiger partial charge is 0.191 e. The molecule has 2 N–H and O–H groups in total. The summed E-state index contributed by atoms with van der Waals surface area (Å²) in [6.07, 6.45) is 3.06. The molecular formula is C18H30BrN3O3S. The van der Waals surface area contributed by atoms with Gasteiger partial charge in [-0.05, 0) is 44.0 Å². The molecule has 1 rings (SSSR count). The van der Waals surface area contributed by atoms with Crippen LogP contribution in [0.1, 0.15) is 33.1 Å². The normalized spacial score (nSPS) is 12.2. The van der Waals surface area contributed by atoms with Crippen molar-refractivity contribution in [3.63, 3.8) is 0 Å². The molecule has 26 heavy (non-hydrogen) atoms. The van der Waals surface area contributed by atoms with E-state index in [-0.39, 0.29) is 5.75 Å². The molecule has 0 aromatic heterocycles. The Balaban J connectivity index is 2.40. The number of unbranched alkanes of at least 4 members (excludes halogenated alkanes) is 1. The van der Waals surface area contributed by atoms with Gasteiger partial charge >= 0.3 is 0 Å². The maximum Gasteiger partial charge on any atom is 0.191 e. The number of hydrogen-bond acceptors (Lipinski definition) is 4. The van der Waals surface area contributed by atoms with Gasteiger partial charge in [0, 0.05) is 37.3 Å². The zero-order chi connectivity index (χ0) is 19.3. The molecule has 0 bridgehead atoms. The molecule has 1 aromatic carbocycles. The van der Waals surface area contributed by atoms with Crippen molar-refractivity contribution in [2.24, 2.45) is 4.99 Å². The summed E-state index contributed by atoms with van der Waals surface area (Å²) < 4.78 is 31.0. The van der Waals surface area contributed by atoms with Crippen molar-refractivity contribution >= 4 is 31.7 Å². The summed E-state index contributed by atoms with van der Waals surface area (Å²) in [4.78, 5) is 4.78. The van der Waals surface area contributed by atoms with Crippen molar-refractivity contribution in [2.45, 2.75) is 38.0 Å². The molecule has 0 saturated heterocycles. The lowest BCUT2D eigenvalue weighted by Gasteiger charge is -2.11. The van der Waals surface area contributed by atoms with E-state index in [9.17, 15) is 8.42 Å². The van der Waals surface area contributed by atoms with Gasteiger partial charge < -0.3 is 15.4 Å². The van der Waals surface area contributed by atoms with Gasteiger partial charge in [0.15, 0.2) is 15.8 Å². The minimum absolute atomic E-state index is 0.0131. The maximum absolute atomic E-state index is 12.3. The van der Waals surface area contributed by atoms with Gasteiger partial charge in [0.2, 0.25) is 0 Å². The number of aliphatic imine (C=N–C) groups is 1. The van der Waals surface area contributed by atoms with E-state index >= 15 is 0 Å². The Hall–Kier alpha value is -1.12. The molecule has 8 heteroatoms. The van der Waals surface area contributed by atoms with Gasteiger partial charge in [-0.1, -0.05) is 29.3 Å². The van der Waals surface area contributed by atoms with E-state index in [0.717, 1.165) is 36.9 Å². The Labute approximate surface area is 165 Å². The number of guanidine groups is 1. The first kappa shape index (κ1) is 22.9. The van der Waals surface area contributed by atoms with Gasteiger partial charge in [0.1, 0.15) is 0 Å². The van der Waals surface area contributed by atoms with E-state index in [4.69, 9.17) is 4.74 Å². The van der Waals surface area contributed by atoms with E-state index in [1.807, 2.05) is 6.92 Å². The molecule has 1 aromatic rings. The van der Waals surface area contributed by atoms with E-state index in [1.165, 1.54) is 0 Å². The Kier molecular flexibility index (Phi) is 11.6. The van der Waals surface area contributed by atoms with E-state index in [1.54, 1.807) is 24.3 Å². The molecular weight excluding hydrogens is 418 g/mol. The first-order valence-electron chi connectivity index (χ1n) is 9.07. The Bertz CT molecular complexity index is 634. The highest BCUT2D eigenvalue weighted by molar-refractivity contribution is 9.10. The van der Waals surface area contributed by atoms with Crippen molar-refractivity contribution < 1.29 is 13.2 Å². The fourth-order valence-electron chi connectivity index (χ4n) is 2.11. The monoisotopic (exact) mass is 447 g/mol. The van der Waals surface area contributed by atoms with Gasteiger partial charge in [-0.15, -0.1) is 0 Å². The fourth-order valence-corrected chi connectivity index (χ4v) is 3.53. The van der Waals surface area contributed by atoms with Crippen molar-refractivity contribution in [1.29, 1.82) is 0 Å². The molecule has 0 atom stereocenters. The Morgan fingerprint density at radius 3 is 2.46 bits per heavy atom. The lowest BCUT2D eigenvalue weighted by molar-refractivity contribution is 0.130. The average molecular weight is 448 g/mol. The third-order valence-corrected chi connectivity index (χ3v) is 5.80. The van der Waals surface area contributed by atoms with Gasteiger partial charge in [0.05, 0.1) is 10.6 Å². The lowest BCUT2D eigenvalue weighted by atomic mass is 10.4. The number of benzene rings is 1. The zero-order valence-electron chi connectivity index (χ0n) is 15.6. The summed E-state index contributed by atoms with van der Waals surface area (Å²) in [5.74, 6) is 0.645. The number of ether oxygens (including phenoxy) is 1. The van der Waals surface area contributed by atoms with Gasteiger partial charge in [-0.25, -0.2) is 8.42 Å². The van der Waals surface area contributed by atoms with E-state index < -0.39 is 9.84 Å². The minimum atomic E-state index is -3.31. The molecule has 0 aliphatic heterocycles. The first-order valence-corrected chi connectivity index (χ1v) is 11.5. The van der Waals surface area contributed by atoms with Crippen LogP contribution in [0, 0.1) is 0 Å². The third kappa shape index (κ3) is 9.54. The van der Waals surface area contributed by atoms with Crippen LogP contribution in [-0.4, -0.2) is 53.0 Å². The summed E-state index contributed by atoms with van der Waals surface area (Å²) in [6, 6.07) is 6.68. The van der Waals surface area contributed by atoms with Crippen molar-refractivity contribution in [3.05, 3.63) is 28.7 Å². The summed E-state index contributed by atoms with van der Waals surface area (Å²) in [7, 11) is -3.31. The summed E-state index contributed by atoms with van der Waals surface area (Å²) in [5.41, 5.74) is 0. The van der Waals surface area contributed by atoms with E-state index in [2.05, 4.69) is 38.5 Å². The third-order valence-electron chi connectivity index (χ3n) is 3.54. The van der Waals surface area contributed by atoms with Crippen LogP contribution in [0.3, 0.4) is 0 Å². The van der Waals surface area contributed by atoms with Crippen molar-refractivity contribution in [2.75, 3.05) is 38.6 Å². The van der Waals surface area contributed by atoms with Crippen LogP contribution in [0.25, 0.3) is 0 Å². The van der Waals surface area contributed by atoms with Crippen LogP contribution in [-0.2, 0) is 14.6 Å². The standard InChI is InChI=1S/C18H30BrN3O3S/c1-3-5-13-25-14-6-11-21-18(20-4-2)22-12-15-26(23,24)17-9-7-16(19)8-10-17/h7-10H,3-6,11-15H2,1-2H3,(H2,20,21,22). The maximum atomic E-state index is 12.3. The van der Waals surface area contributed by atoms with Gasteiger partial charge in [0.25, 0.3) is 0 Å². The largest absolute Gasteiger partial charge is 0.381 e. The molecule has 6 nitrogen and oxygen atoms in total. The summed E-state index contributed by atoms with van der Waals surface area (Å²) in [6.45, 7) is 7.27. The number of nitrogens with one attached hydrogen (secondary N) is 2. The highest BCUT2D eigenvalue weighted by Crippen LogP contribution is 2.15. The number of hydrogen-bond donors (Lipinski definition) is 2. The van der Waals surface area contributed by atoms with Crippen LogP contribution in [0.4, 0.5) is 0 Å². The second-order valence-corrected chi connectivity index (χ2v) is 8.80. The second kappa shape index (κ2) is 13.1. The minimum Gasteiger partial charge on any atom is -0.381 e. The quantitative estimate of drug-likeness (QED) is 0.292. The Morgan fingerprint density at radius 1 is 1.12 bits per heavy atom. The lowest BCUT2D eigenvalue weighted by Crippen LogP contribution is -2.39. The number of nitrogens with zero attached hydrogens (tertiary/aromatic N) is 1. The molecule has 0 spiro atoms. The van der Waals surface area contributed by atoms with Crippen LogP contribution in [0.2, 0.25) is 0 Å². The topological polar surface area (TPSA) is 79.8 Å². The Morgan fingerprint density at radius 2 is 1.81 bits per heavy atom. The number of sulfone groups is 1. The van der Waals surface area contributed by atoms with E-state index in [0.29, 0.717) is 30.6 Å². The number of rotatable bonds is 12. The number of halogens is 1. The highest BCUT2D eigenvalue weighted by atomic mass is 79.9. The molecule has 0 aliphatic carbocycles. The van der Waals surface area contributed by atoms with Crippen molar-refractivity contribution in [3.8, 4) is 0 Å². The molecule has 0 radical (unpaired) electrons. The molecule has 0 unspecified atom stereocenters. The molecule has 148 valence electrons. The van der Waals surface area contributed by atoms with Crippen LogP contribution in [0.5, 0.6) is 0 Å². The first-order chi connectivity index (χ1) is 12.5. The molecule has 0 heterocycles. The zero-order valence-corrected chi connectivity index (χ0v) is 18.0. The summed E-state index contributed by atoms with van der Waals surface area (Å²) in [5, 5.41) is 6.20. The molecule has 0 amide bonds. The van der Waals surface area contributed by atoms with Crippen molar-refractivity contribution in [1.82, 2.24) is 10.6 Å². The second-order valence-electron chi connectivity index (χ2n) is 5.78. The highest BCUT2D eigenvalue weighted by Gasteiger charge is 2.14. The van der Waals surface area contributed by atoms with Gasteiger partial charge in [-0.3, -0.25) is 4.99 Å². The molecule has 0 saturated carbocycles. The molecule has 0 fully saturated rings. The SMILES string of the molecule is CCCCOCCCN=C(NCC)NCCS(=O)(=O)c1ccc(Br)cc1.